The van der Waals surface area contributed by atoms with Crippen LogP contribution in [0.3, 0.4) is 0 Å². The number of hydrogen-bond donors (Lipinski definition) is 1. The van der Waals surface area contributed by atoms with Gasteiger partial charge >= 0.3 is 17.9 Å². The molecule has 1 saturated carbocycles. The Kier molecular flexibility index (Phi) is 12.2. The van der Waals surface area contributed by atoms with Gasteiger partial charge in [-0.15, -0.1) is 0 Å². The summed E-state index contributed by atoms with van der Waals surface area (Å²) in [5.74, 6) is -1.67. The van der Waals surface area contributed by atoms with Gasteiger partial charge in [-0.25, -0.2) is 4.98 Å². The Hall–Kier alpha value is -2.68. The maximum Gasteiger partial charge on any atom is 0.335 e. The number of aryl methyl sites for hydroxylation is 1. The number of likely N-dealkylation sites (tertiary alicyclic amines) is 1. The Balaban J connectivity index is 1.66. The third kappa shape index (κ3) is 8.18. The van der Waals surface area contributed by atoms with Crippen molar-refractivity contribution >= 4 is 23.7 Å². The third-order valence-corrected chi connectivity index (χ3v) is 8.63. The van der Waals surface area contributed by atoms with Crippen LogP contribution in [-0.2, 0) is 28.6 Å². The van der Waals surface area contributed by atoms with Crippen molar-refractivity contribution < 1.29 is 28.6 Å². The van der Waals surface area contributed by atoms with Gasteiger partial charge < -0.3 is 24.4 Å². The van der Waals surface area contributed by atoms with E-state index in [-0.39, 0.29) is 31.7 Å². The number of hydrogen-bond acceptors (Lipinski definition) is 9. The van der Waals surface area contributed by atoms with E-state index in [0.717, 1.165) is 76.0 Å². The Morgan fingerprint density at radius 3 is 2.00 bits per heavy atom. The highest BCUT2D eigenvalue weighted by atomic mass is 16.6. The smallest absolute Gasteiger partial charge is 0.335 e. The quantitative estimate of drug-likeness (QED) is 0.190. The number of carbonyl (C=O) groups excluding carboxylic acids is 3. The standard InChI is InChI=1S/C31H49N3O6/c1-5-38-27(35)31(28(36)39-6-2,29(37)40-7-3)18-17-30(15-9-8-10-16-30)19-22-34-20-13-25(14-21-34)33-26-12-11-24(4)23-32-26/h11-12,23,25H,5-10,13-22H2,1-4H3,(H,32,33). The monoisotopic (exact) mass is 559 g/mol. The molecule has 2 aliphatic rings. The predicted octanol–water partition coefficient (Wildman–Crippen LogP) is 5.06. The van der Waals surface area contributed by atoms with Crippen LogP contribution in [0.4, 0.5) is 5.82 Å². The van der Waals surface area contributed by atoms with E-state index in [9.17, 15) is 14.4 Å². The second kappa shape index (κ2) is 15.4. The molecular weight excluding hydrogens is 510 g/mol. The van der Waals surface area contributed by atoms with E-state index in [0.29, 0.717) is 12.5 Å². The molecule has 1 aliphatic heterocycles. The second-order valence-corrected chi connectivity index (χ2v) is 11.4. The fourth-order valence-corrected chi connectivity index (χ4v) is 6.16. The molecule has 9 nitrogen and oxygen atoms in total. The zero-order valence-electron chi connectivity index (χ0n) is 25.0. The minimum absolute atomic E-state index is 0.0407. The molecule has 0 unspecified atom stereocenters. The fraction of sp³-hybridized carbons (Fsp3) is 0.742. The topological polar surface area (TPSA) is 107 Å². The molecule has 2 heterocycles. The number of aromatic nitrogens is 1. The van der Waals surface area contributed by atoms with Crippen molar-refractivity contribution in [2.75, 3.05) is 44.8 Å². The van der Waals surface area contributed by atoms with E-state index >= 15 is 0 Å². The maximum atomic E-state index is 13.2. The fourth-order valence-electron chi connectivity index (χ4n) is 6.16. The molecule has 0 bridgehead atoms. The van der Waals surface area contributed by atoms with Crippen LogP contribution in [0.5, 0.6) is 0 Å². The molecule has 0 atom stereocenters. The Morgan fingerprint density at radius 2 is 1.50 bits per heavy atom. The highest BCUT2D eigenvalue weighted by molar-refractivity contribution is 6.17. The molecule has 1 N–H and O–H groups in total. The average molecular weight is 560 g/mol. The summed E-state index contributed by atoms with van der Waals surface area (Å²) in [6.07, 6.45) is 11.0. The summed E-state index contributed by atoms with van der Waals surface area (Å²) in [5, 5.41) is 3.57. The summed E-state index contributed by atoms with van der Waals surface area (Å²) in [6, 6.07) is 4.53. The molecule has 9 heteroatoms. The molecule has 0 aromatic carbocycles. The average Bonchev–Trinajstić information content (AvgIpc) is 2.95. The van der Waals surface area contributed by atoms with Crippen LogP contribution >= 0.6 is 0 Å². The Bertz CT molecular complexity index is 907. The maximum absolute atomic E-state index is 13.2. The van der Waals surface area contributed by atoms with Gasteiger partial charge in [-0.2, -0.15) is 0 Å². The van der Waals surface area contributed by atoms with Gasteiger partial charge in [0.25, 0.3) is 5.41 Å². The van der Waals surface area contributed by atoms with Crippen molar-refractivity contribution in [2.24, 2.45) is 10.8 Å². The molecular formula is C31H49N3O6. The van der Waals surface area contributed by atoms with Gasteiger partial charge in [-0.1, -0.05) is 25.3 Å². The number of nitrogens with zero attached hydrogens (tertiary/aromatic N) is 2. The van der Waals surface area contributed by atoms with E-state index in [1.807, 2.05) is 19.2 Å². The van der Waals surface area contributed by atoms with Crippen LogP contribution < -0.4 is 5.32 Å². The third-order valence-electron chi connectivity index (χ3n) is 8.63. The molecule has 2 fully saturated rings. The van der Waals surface area contributed by atoms with E-state index in [1.165, 1.54) is 6.42 Å². The number of pyridine rings is 1. The van der Waals surface area contributed by atoms with Gasteiger partial charge in [0, 0.05) is 25.3 Å². The molecule has 1 saturated heterocycles. The first-order valence-electron chi connectivity index (χ1n) is 15.2. The first-order valence-corrected chi connectivity index (χ1v) is 15.2. The highest BCUT2D eigenvalue weighted by Crippen LogP contribution is 2.46. The minimum atomic E-state index is -2.08. The second-order valence-electron chi connectivity index (χ2n) is 11.4. The minimum Gasteiger partial charge on any atom is -0.465 e. The summed E-state index contributed by atoms with van der Waals surface area (Å²) in [5.41, 5.74) is -0.975. The Labute approximate surface area is 239 Å². The lowest BCUT2D eigenvalue weighted by atomic mass is 9.66. The van der Waals surface area contributed by atoms with Crippen molar-refractivity contribution in [1.82, 2.24) is 9.88 Å². The molecule has 1 aromatic rings. The van der Waals surface area contributed by atoms with Crippen molar-refractivity contribution in [3.8, 4) is 0 Å². The normalized spacial score (nSPS) is 18.1. The SMILES string of the molecule is CCOC(=O)C(CCC1(CCN2CCC(Nc3ccc(C)cn3)CC2)CCCCC1)(C(=O)OCC)C(=O)OCC. The van der Waals surface area contributed by atoms with Gasteiger partial charge in [-0.05, 0) is 96.2 Å². The lowest BCUT2D eigenvalue weighted by Gasteiger charge is -2.41. The van der Waals surface area contributed by atoms with Crippen LogP contribution in [0.2, 0.25) is 0 Å². The van der Waals surface area contributed by atoms with Crippen LogP contribution in [0.25, 0.3) is 0 Å². The highest BCUT2D eigenvalue weighted by Gasteiger charge is 2.58. The van der Waals surface area contributed by atoms with E-state index in [1.54, 1.807) is 20.8 Å². The van der Waals surface area contributed by atoms with Gasteiger partial charge in [0.15, 0.2) is 0 Å². The number of ether oxygens (including phenoxy) is 3. The van der Waals surface area contributed by atoms with Crippen LogP contribution in [-0.4, -0.2) is 73.3 Å². The molecule has 1 aromatic heterocycles. The van der Waals surface area contributed by atoms with Crippen molar-refractivity contribution in [3.63, 3.8) is 0 Å². The summed E-state index contributed by atoms with van der Waals surface area (Å²) < 4.78 is 15.8. The summed E-state index contributed by atoms with van der Waals surface area (Å²) in [6.45, 7) is 10.2. The first-order chi connectivity index (χ1) is 19.3. The van der Waals surface area contributed by atoms with Crippen LogP contribution in [0.15, 0.2) is 18.3 Å². The van der Waals surface area contributed by atoms with Gasteiger partial charge in [0.05, 0.1) is 19.8 Å². The largest absolute Gasteiger partial charge is 0.465 e. The number of anilines is 1. The lowest BCUT2D eigenvalue weighted by Crippen LogP contribution is -2.50. The van der Waals surface area contributed by atoms with Crippen LogP contribution in [0.1, 0.15) is 90.5 Å². The number of nitrogens with one attached hydrogen (secondary N) is 1. The first kappa shape index (κ1) is 31.8. The van der Waals surface area contributed by atoms with Crippen molar-refractivity contribution in [2.45, 2.75) is 97.9 Å². The Morgan fingerprint density at radius 1 is 0.925 bits per heavy atom. The molecule has 40 heavy (non-hydrogen) atoms. The zero-order chi connectivity index (χ0) is 29.0. The van der Waals surface area contributed by atoms with Gasteiger partial charge in [0.2, 0.25) is 0 Å². The summed E-state index contributed by atoms with van der Waals surface area (Å²) in [7, 11) is 0. The number of rotatable bonds is 14. The van der Waals surface area contributed by atoms with Gasteiger partial charge in [-0.3, -0.25) is 14.4 Å². The van der Waals surface area contributed by atoms with Crippen molar-refractivity contribution in [3.05, 3.63) is 23.9 Å². The van der Waals surface area contributed by atoms with E-state index in [4.69, 9.17) is 14.2 Å². The lowest BCUT2D eigenvalue weighted by molar-refractivity contribution is -0.185. The molecule has 0 radical (unpaired) electrons. The van der Waals surface area contributed by atoms with Crippen molar-refractivity contribution in [1.29, 1.82) is 0 Å². The van der Waals surface area contributed by atoms with Gasteiger partial charge in [0.1, 0.15) is 5.82 Å². The molecule has 224 valence electrons. The number of piperidine rings is 1. The van der Waals surface area contributed by atoms with E-state index in [2.05, 4.69) is 21.3 Å². The zero-order valence-corrected chi connectivity index (χ0v) is 25.0. The molecule has 1 aliphatic carbocycles. The summed E-state index contributed by atoms with van der Waals surface area (Å²) in [4.78, 5) is 46.7. The molecule has 3 rings (SSSR count). The number of esters is 3. The van der Waals surface area contributed by atoms with E-state index < -0.39 is 23.3 Å². The summed E-state index contributed by atoms with van der Waals surface area (Å²) >= 11 is 0. The predicted molar refractivity (Wildman–Crippen MR) is 154 cm³/mol. The van der Waals surface area contributed by atoms with Crippen LogP contribution in [0, 0.1) is 17.8 Å². The molecule has 0 amide bonds. The molecule has 0 spiro atoms. The number of carbonyl (C=O) groups is 3.